The molecule has 60 valence electrons. The Bertz CT molecular complexity index is 330. The van der Waals surface area contributed by atoms with Crippen molar-refractivity contribution in [1.82, 2.24) is 0 Å². The molecule has 0 aliphatic carbocycles. The molecule has 1 aromatic carbocycles. The zero-order valence-corrected chi connectivity index (χ0v) is 6.78. The number of nitrogens with zero attached hydrogens (tertiary/aromatic N) is 1. The average Bonchev–Trinajstić information content (AvgIpc) is 2.15. The molecule has 1 N–H and O–H groups in total. The van der Waals surface area contributed by atoms with Crippen molar-refractivity contribution in [3.63, 3.8) is 0 Å². The standard InChI is InChI=1S/C10H9NO/c1-2-6-10(11-12)9-7-4-3-5-8-9/h3-5,7-8,12H,1H3. The van der Waals surface area contributed by atoms with Gasteiger partial charge >= 0.3 is 0 Å². The van der Waals surface area contributed by atoms with Crippen LogP contribution < -0.4 is 0 Å². The van der Waals surface area contributed by atoms with Crippen molar-refractivity contribution in [2.24, 2.45) is 5.16 Å². The van der Waals surface area contributed by atoms with Crippen LogP contribution in [-0.2, 0) is 0 Å². The Morgan fingerprint density at radius 3 is 2.50 bits per heavy atom. The number of benzene rings is 1. The number of hydrogen-bond donors (Lipinski definition) is 1. The van der Waals surface area contributed by atoms with Crippen molar-refractivity contribution in [3.8, 4) is 11.8 Å². The van der Waals surface area contributed by atoms with Gasteiger partial charge in [0.15, 0.2) is 5.71 Å². The highest BCUT2D eigenvalue weighted by Crippen LogP contribution is 1.99. The van der Waals surface area contributed by atoms with Gasteiger partial charge in [-0.1, -0.05) is 41.4 Å². The van der Waals surface area contributed by atoms with Gasteiger partial charge in [-0.15, -0.1) is 0 Å². The minimum atomic E-state index is 0.401. The lowest BCUT2D eigenvalue weighted by Gasteiger charge is -1.94. The molecule has 2 heteroatoms. The van der Waals surface area contributed by atoms with Gasteiger partial charge in [-0.3, -0.25) is 0 Å². The van der Waals surface area contributed by atoms with Gasteiger partial charge in [-0.05, 0) is 12.8 Å². The second-order valence-corrected chi connectivity index (χ2v) is 2.19. The normalized spacial score (nSPS) is 10.2. The second-order valence-electron chi connectivity index (χ2n) is 2.19. The van der Waals surface area contributed by atoms with Gasteiger partial charge in [0.2, 0.25) is 0 Å². The second kappa shape index (κ2) is 4.20. The van der Waals surface area contributed by atoms with Crippen molar-refractivity contribution >= 4 is 5.71 Å². The van der Waals surface area contributed by atoms with Gasteiger partial charge in [-0.25, -0.2) is 0 Å². The van der Waals surface area contributed by atoms with Crippen LogP contribution >= 0.6 is 0 Å². The summed E-state index contributed by atoms with van der Waals surface area (Å²) in [5.74, 6) is 5.37. The number of hydrogen-bond acceptors (Lipinski definition) is 2. The number of rotatable bonds is 1. The molecule has 0 bridgehead atoms. The molecule has 0 atom stereocenters. The molecule has 0 aliphatic rings. The molecular weight excluding hydrogens is 150 g/mol. The largest absolute Gasteiger partial charge is 0.410 e. The first-order valence-corrected chi connectivity index (χ1v) is 3.58. The maximum atomic E-state index is 8.60. The van der Waals surface area contributed by atoms with Crippen LogP contribution in [0.3, 0.4) is 0 Å². The van der Waals surface area contributed by atoms with E-state index >= 15 is 0 Å². The van der Waals surface area contributed by atoms with Crippen LogP contribution in [0.2, 0.25) is 0 Å². The molecule has 0 unspecified atom stereocenters. The third kappa shape index (κ3) is 1.86. The van der Waals surface area contributed by atoms with Gasteiger partial charge in [0, 0.05) is 5.56 Å². The Labute approximate surface area is 71.5 Å². The van der Waals surface area contributed by atoms with Crippen LogP contribution in [0.25, 0.3) is 0 Å². The molecule has 0 amide bonds. The Kier molecular flexibility index (Phi) is 2.92. The van der Waals surface area contributed by atoms with Crippen LogP contribution in [-0.4, -0.2) is 10.9 Å². The van der Waals surface area contributed by atoms with E-state index in [1.165, 1.54) is 0 Å². The molecule has 0 heterocycles. The van der Waals surface area contributed by atoms with Crippen LogP contribution in [0.5, 0.6) is 0 Å². The first kappa shape index (κ1) is 8.35. The summed E-state index contributed by atoms with van der Waals surface area (Å²) >= 11 is 0. The topological polar surface area (TPSA) is 32.6 Å². The Morgan fingerprint density at radius 1 is 1.33 bits per heavy atom. The van der Waals surface area contributed by atoms with Crippen molar-refractivity contribution in [3.05, 3.63) is 35.9 Å². The lowest BCUT2D eigenvalue weighted by molar-refractivity contribution is 0.320. The van der Waals surface area contributed by atoms with E-state index in [4.69, 9.17) is 5.21 Å². The lowest BCUT2D eigenvalue weighted by atomic mass is 10.1. The minimum Gasteiger partial charge on any atom is -0.410 e. The molecule has 0 fully saturated rings. The van der Waals surface area contributed by atoms with Crippen molar-refractivity contribution in [2.45, 2.75) is 6.92 Å². The Morgan fingerprint density at radius 2 is 2.00 bits per heavy atom. The molecule has 0 spiro atoms. The zero-order chi connectivity index (χ0) is 8.81. The fourth-order valence-corrected chi connectivity index (χ4v) is 0.869. The maximum Gasteiger partial charge on any atom is 0.159 e. The highest BCUT2D eigenvalue weighted by atomic mass is 16.4. The van der Waals surface area contributed by atoms with E-state index in [0.717, 1.165) is 5.56 Å². The molecule has 0 saturated carbocycles. The molecule has 2 nitrogen and oxygen atoms in total. The molecule has 0 saturated heterocycles. The van der Waals surface area contributed by atoms with E-state index < -0.39 is 0 Å². The monoisotopic (exact) mass is 159 g/mol. The minimum absolute atomic E-state index is 0.401. The first-order chi connectivity index (χ1) is 5.88. The van der Waals surface area contributed by atoms with Gasteiger partial charge in [-0.2, -0.15) is 0 Å². The van der Waals surface area contributed by atoms with Gasteiger partial charge in [0.05, 0.1) is 0 Å². The average molecular weight is 159 g/mol. The Hall–Kier alpha value is -1.75. The zero-order valence-electron chi connectivity index (χ0n) is 6.78. The fraction of sp³-hybridized carbons (Fsp3) is 0.100. The van der Waals surface area contributed by atoms with Crippen LogP contribution in [0.15, 0.2) is 35.5 Å². The maximum absolute atomic E-state index is 8.60. The third-order valence-corrected chi connectivity index (χ3v) is 1.39. The first-order valence-electron chi connectivity index (χ1n) is 3.58. The molecule has 1 rings (SSSR count). The van der Waals surface area contributed by atoms with E-state index in [2.05, 4.69) is 17.0 Å². The quantitative estimate of drug-likeness (QED) is 0.288. The SMILES string of the molecule is CC#CC(=NO)c1ccccc1. The smallest absolute Gasteiger partial charge is 0.159 e. The Balaban J connectivity index is 3.02. The molecule has 0 aliphatic heterocycles. The molecule has 0 radical (unpaired) electrons. The molecule has 0 aromatic heterocycles. The number of oxime groups is 1. The van der Waals surface area contributed by atoms with Gasteiger partial charge < -0.3 is 5.21 Å². The van der Waals surface area contributed by atoms with E-state index in [1.54, 1.807) is 6.92 Å². The predicted octanol–water partition coefficient (Wildman–Crippen LogP) is 1.89. The van der Waals surface area contributed by atoms with Crippen molar-refractivity contribution < 1.29 is 5.21 Å². The summed E-state index contributed by atoms with van der Waals surface area (Å²) in [5, 5.41) is 11.7. The van der Waals surface area contributed by atoms with Crippen molar-refractivity contribution in [2.75, 3.05) is 0 Å². The van der Waals surface area contributed by atoms with Crippen LogP contribution in [0.1, 0.15) is 12.5 Å². The van der Waals surface area contributed by atoms with E-state index in [0.29, 0.717) is 5.71 Å². The molecular formula is C10H9NO. The summed E-state index contributed by atoms with van der Waals surface area (Å²) in [5.41, 5.74) is 1.23. The summed E-state index contributed by atoms with van der Waals surface area (Å²) in [4.78, 5) is 0. The summed E-state index contributed by atoms with van der Waals surface area (Å²) in [6.07, 6.45) is 0. The third-order valence-electron chi connectivity index (χ3n) is 1.39. The van der Waals surface area contributed by atoms with Crippen molar-refractivity contribution in [1.29, 1.82) is 0 Å². The van der Waals surface area contributed by atoms with E-state index in [1.807, 2.05) is 30.3 Å². The molecule has 1 aromatic rings. The molecule has 12 heavy (non-hydrogen) atoms. The summed E-state index contributed by atoms with van der Waals surface area (Å²) in [7, 11) is 0. The highest BCUT2D eigenvalue weighted by Gasteiger charge is 1.97. The van der Waals surface area contributed by atoms with Crippen LogP contribution in [0, 0.1) is 11.8 Å². The predicted molar refractivity (Wildman–Crippen MR) is 48.2 cm³/mol. The summed E-state index contributed by atoms with van der Waals surface area (Å²) in [6, 6.07) is 9.34. The van der Waals surface area contributed by atoms with Gasteiger partial charge in [0.25, 0.3) is 0 Å². The van der Waals surface area contributed by atoms with E-state index in [9.17, 15) is 0 Å². The van der Waals surface area contributed by atoms with Crippen LogP contribution in [0.4, 0.5) is 0 Å². The van der Waals surface area contributed by atoms with E-state index in [-0.39, 0.29) is 0 Å². The van der Waals surface area contributed by atoms with Gasteiger partial charge in [0.1, 0.15) is 0 Å². The summed E-state index contributed by atoms with van der Waals surface area (Å²) in [6.45, 7) is 1.70. The summed E-state index contributed by atoms with van der Waals surface area (Å²) < 4.78 is 0. The fourth-order valence-electron chi connectivity index (χ4n) is 0.869. The highest BCUT2D eigenvalue weighted by molar-refractivity contribution is 6.12. The lowest BCUT2D eigenvalue weighted by Crippen LogP contribution is -1.95.